The van der Waals surface area contributed by atoms with Crippen LogP contribution < -0.4 is 5.32 Å². The number of carbonyl (C=O) groups is 1. The van der Waals surface area contributed by atoms with Gasteiger partial charge >= 0.3 is 0 Å². The largest absolute Gasteiger partial charge is 0.322 e. The van der Waals surface area contributed by atoms with Gasteiger partial charge in [-0.1, -0.05) is 30.3 Å². The molecule has 4 rings (SSSR count). The predicted molar refractivity (Wildman–Crippen MR) is 102 cm³/mol. The van der Waals surface area contributed by atoms with Gasteiger partial charge in [-0.25, -0.2) is 4.98 Å². The van der Waals surface area contributed by atoms with E-state index in [1.165, 1.54) is 11.3 Å². The number of aromatic nitrogens is 2. The van der Waals surface area contributed by atoms with E-state index in [1.807, 2.05) is 55.5 Å². The van der Waals surface area contributed by atoms with E-state index < -0.39 is 0 Å². The minimum atomic E-state index is -0.184. The minimum absolute atomic E-state index is 0.184. The van der Waals surface area contributed by atoms with Crippen LogP contribution in [0.5, 0.6) is 0 Å². The molecule has 2 heterocycles. The molecule has 0 radical (unpaired) electrons. The molecule has 25 heavy (non-hydrogen) atoms. The van der Waals surface area contributed by atoms with Crippen LogP contribution in [0.4, 0.5) is 5.69 Å². The van der Waals surface area contributed by atoms with E-state index in [0.717, 1.165) is 26.5 Å². The summed E-state index contributed by atoms with van der Waals surface area (Å²) in [4.78, 5) is 21.8. The lowest BCUT2D eigenvalue weighted by Gasteiger charge is -2.09. The second-order valence-corrected chi connectivity index (χ2v) is 6.69. The van der Waals surface area contributed by atoms with Gasteiger partial charge in [0.25, 0.3) is 5.91 Å². The van der Waals surface area contributed by atoms with Crippen molar-refractivity contribution in [1.82, 2.24) is 9.97 Å². The molecule has 0 saturated heterocycles. The van der Waals surface area contributed by atoms with Gasteiger partial charge in [0.2, 0.25) is 0 Å². The smallest absolute Gasteiger partial charge is 0.257 e. The van der Waals surface area contributed by atoms with Gasteiger partial charge in [-0.2, -0.15) is 0 Å². The van der Waals surface area contributed by atoms with Crippen molar-refractivity contribution in [1.29, 1.82) is 0 Å². The van der Waals surface area contributed by atoms with Crippen molar-refractivity contribution in [2.45, 2.75) is 6.92 Å². The fraction of sp³-hybridized carbons (Fsp3) is 0.0500. The Hall–Kier alpha value is -3.05. The number of nitrogens with one attached hydrogen (secondary N) is 1. The molecule has 122 valence electrons. The first-order chi connectivity index (χ1) is 12.2. The number of amides is 1. The molecule has 4 nitrogen and oxygen atoms in total. The van der Waals surface area contributed by atoms with Crippen molar-refractivity contribution >= 4 is 33.1 Å². The fourth-order valence-corrected chi connectivity index (χ4v) is 3.61. The maximum Gasteiger partial charge on any atom is 0.257 e. The number of hydrogen-bond acceptors (Lipinski definition) is 4. The van der Waals surface area contributed by atoms with Gasteiger partial charge in [0.1, 0.15) is 10.7 Å². The first-order valence-corrected chi connectivity index (χ1v) is 8.72. The Labute approximate surface area is 149 Å². The van der Waals surface area contributed by atoms with E-state index in [2.05, 4.69) is 15.3 Å². The molecular weight excluding hydrogens is 330 g/mol. The van der Waals surface area contributed by atoms with Crippen LogP contribution in [0, 0.1) is 6.92 Å². The molecule has 0 unspecified atom stereocenters. The van der Waals surface area contributed by atoms with Gasteiger partial charge in [-0.15, -0.1) is 11.3 Å². The molecule has 0 saturated carbocycles. The van der Waals surface area contributed by atoms with Crippen LogP contribution in [0.1, 0.15) is 15.9 Å². The van der Waals surface area contributed by atoms with Crippen molar-refractivity contribution in [2.24, 2.45) is 0 Å². The standard InChI is InChI=1S/C20H15N3OS/c1-13-7-2-3-9-15(13)22-19(24)14-8-6-12-21-18(14)20-23-16-10-4-5-11-17(16)25-20/h2-12H,1H3,(H,22,24). The number of pyridine rings is 1. The molecule has 0 aliphatic heterocycles. The Morgan fingerprint density at radius 2 is 1.80 bits per heavy atom. The fourth-order valence-electron chi connectivity index (χ4n) is 2.64. The van der Waals surface area contributed by atoms with Crippen molar-refractivity contribution in [3.63, 3.8) is 0 Å². The summed E-state index contributed by atoms with van der Waals surface area (Å²) in [6, 6.07) is 19.2. The third kappa shape index (κ3) is 3.02. The number of thiazole rings is 1. The molecular formula is C20H15N3OS. The molecule has 5 heteroatoms. The van der Waals surface area contributed by atoms with Gasteiger partial charge < -0.3 is 5.32 Å². The van der Waals surface area contributed by atoms with Crippen LogP contribution in [-0.4, -0.2) is 15.9 Å². The lowest BCUT2D eigenvalue weighted by molar-refractivity contribution is 0.102. The number of hydrogen-bond donors (Lipinski definition) is 1. The first kappa shape index (κ1) is 15.5. The topological polar surface area (TPSA) is 54.9 Å². The van der Waals surface area contributed by atoms with Crippen LogP contribution in [0.3, 0.4) is 0 Å². The van der Waals surface area contributed by atoms with Gasteiger partial charge in [0.15, 0.2) is 0 Å². The first-order valence-electron chi connectivity index (χ1n) is 7.90. The molecule has 0 bridgehead atoms. The van der Waals surface area contributed by atoms with Gasteiger partial charge in [-0.3, -0.25) is 9.78 Å². The number of para-hydroxylation sites is 2. The lowest BCUT2D eigenvalue weighted by atomic mass is 10.1. The summed E-state index contributed by atoms with van der Waals surface area (Å²) in [5.41, 5.74) is 3.85. The Kier molecular flexibility index (Phi) is 3.99. The molecule has 2 aromatic carbocycles. The van der Waals surface area contributed by atoms with Crippen molar-refractivity contribution in [3.8, 4) is 10.7 Å². The van der Waals surface area contributed by atoms with Crippen molar-refractivity contribution in [2.75, 3.05) is 5.32 Å². The maximum atomic E-state index is 12.8. The van der Waals surface area contributed by atoms with E-state index in [-0.39, 0.29) is 5.91 Å². The molecule has 1 amide bonds. The molecule has 4 aromatic rings. The Balaban J connectivity index is 1.74. The summed E-state index contributed by atoms with van der Waals surface area (Å²) in [5, 5.41) is 3.72. The summed E-state index contributed by atoms with van der Waals surface area (Å²) in [5.74, 6) is -0.184. The van der Waals surface area contributed by atoms with Crippen LogP contribution in [0.25, 0.3) is 20.9 Å². The van der Waals surface area contributed by atoms with Crippen LogP contribution in [0.2, 0.25) is 0 Å². The highest BCUT2D eigenvalue weighted by atomic mass is 32.1. The van der Waals surface area contributed by atoms with Gasteiger partial charge in [0, 0.05) is 11.9 Å². The molecule has 0 fully saturated rings. The SMILES string of the molecule is Cc1ccccc1NC(=O)c1cccnc1-c1nc2ccccc2s1. The summed E-state index contributed by atoms with van der Waals surface area (Å²) in [6.45, 7) is 1.97. The van der Waals surface area contributed by atoms with Crippen LogP contribution >= 0.6 is 11.3 Å². The number of nitrogens with zero attached hydrogens (tertiary/aromatic N) is 2. The summed E-state index contributed by atoms with van der Waals surface area (Å²) < 4.78 is 1.08. The second-order valence-electron chi connectivity index (χ2n) is 5.66. The third-order valence-corrected chi connectivity index (χ3v) is 4.99. The quantitative estimate of drug-likeness (QED) is 0.573. The molecule has 0 spiro atoms. The average Bonchev–Trinajstić information content (AvgIpc) is 3.07. The minimum Gasteiger partial charge on any atom is -0.322 e. The molecule has 0 aliphatic rings. The van der Waals surface area contributed by atoms with Crippen LogP contribution in [-0.2, 0) is 0 Å². The summed E-state index contributed by atoms with van der Waals surface area (Å²) in [6.07, 6.45) is 1.69. The maximum absolute atomic E-state index is 12.8. The second kappa shape index (κ2) is 6.45. The van der Waals surface area contributed by atoms with Gasteiger partial charge in [-0.05, 0) is 42.8 Å². The molecule has 0 atom stereocenters. The highest BCUT2D eigenvalue weighted by Gasteiger charge is 2.17. The number of benzene rings is 2. The highest BCUT2D eigenvalue weighted by Crippen LogP contribution is 2.31. The Bertz CT molecular complexity index is 1040. The zero-order valence-electron chi connectivity index (χ0n) is 13.6. The Morgan fingerprint density at radius 3 is 2.64 bits per heavy atom. The summed E-state index contributed by atoms with van der Waals surface area (Å²) >= 11 is 1.54. The van der Waals surface area contributed by atoms with E-state index >= 15 is 0 Å². The van der Waals surface area contributed by atoms with Crippen LogP contribution in [0.15, 0.2) is 66.9 Å². The number of rotatable bonds is 3. The van der Waals surface area contributed by atoms with Crippen molar-refractivity contribution in [3.05, 3.63) is 78.0 Å². The highest BCUT2D eigenvalue weighted by molar-refractivity contribution is 7.21. The zero-order valence-corrected chi connectivity index (χ0v) is 14.4. The van der Waals surface area contributed by atoms with Gasteiger partial charge in [0.05, 0.1) is 15.8 Å². The van der Waals surface area contributed by atoms with Crippen molar-refractivity contribution < 1.29 is 4.79 Å². The van der Waals surface area contributed by atoms with E-state index in [1.54, 1.807) is 18.3 Å². The molecule has 1 N–H and O–H groups in total. The van der Waals surface area contributed by atoms with E-state index in [9.17, 15) is 4.79 Å². The normalized spacial score (nSPS) is 10.8. The molecule has 0 aliphatic carbocycles. The number of anilines is 1. The number of aryl methyl sites for hydroxylation is 1. The summed E-state index contributed by atoms with van der Waals surface area (Å²) in [7, 11) is 0. The average molecular weight is 345 g/mol. The predicted octanol–water partition coefficient (Wildman–Crippen LogP) is 4.92. The monoisotopic (exact) mass is 345 g/mol. The zero-order chi connectivity index (χ0) is 17.2. The Morgan fingerprint density at radius 1 is 1.00 bits per heavy atom. The lowest BCUT2D eigenvalue weighted by Crippen LogP contribution is -2.14. The number of carbonyl (C=O) groups excluding carboxylic acids is 1. The molecule has 2 aromatic heterocycles. The van der Waals surface area contributed by atoms with E-state index in [4.69, 9.17) is 0 Å². The number of fused-ring (bicyclic) bond motifs is 1. The van der Waals surface area contributed by atoms with E-state index in [0.29, 0.717) is 11.3 Å². The third-order valence-electron chi connectivity index (χ3n) is 3.94.